The Morgan fingerprint density at radius 2 is 1.51 bits per heavy atom. The Hall–Kier alpha value is -3.11. The molecule has 2 amide bonds. The summed E-state index contributed by atoms with van der Waals surface area (Å²) < 4.78 is 31.2. The van der Waals surface area contributed by atoms with Crippen molar-refractivity contribution in [2.45, 2.75) is 89.9 Å². The van der Waals surface area contributed by atoms with Crippen LogP contribution in [0.15, 0.2) is 48.5 Å². The van der Waals surface area contributed by atoms with Crippen LogP contribution in [0, 0.1) is 11.8 Å². The van der Waals surface area contributed by atoms with Crippen LogP contribution in [-0.2, 0) is 26.2 Å². The van der Waals surface area contributed by atoms with Gasteiger partial charge in [-0.2, -0.15) is 0 Å². The zero-order chi connectivity index (χ0) is 30.6. The number of sulfonamides is 1. The van der Waals surface area contributed by atoms with E-state index in [9.17, 15) is 18.0 Å². The molecule has 2 heterocycles. The minimum absolute atomic E-state index is 0.00161. The number of benzene rings is 2. The zero-order valence-electron chi connectivity index (χ0n) is 25.6. The van der Waals surface area contributed by atoms with Gasteiger partial charge in [-0.3, -0.25) is 19.2 Å². The number of likely N-dealkylation sites (tertiary alicyclic amines) is 1. The van der Waals surface area contributed by atoms with Crippen molar-refractivity contribution in [1.82, 2.24) is 15.1 Å². The maximum Gasteiger partial charge on any atom is 0.246 e. The average molecular weight is 611 g/mol. The van der Waals surface area contributed by atoms with Gasteiger partial charge in [-0.25, -0.2) is 8.42 Å². The zero-order valence-corrected chi connectivity index (χ0v) is 26.4. The van der Waals surface area contributed by atoms with Crippen LogP contribution in [0.4, 0.5) is 5.69 Å². The van der Waals surface area contributed by atoms with Crippen LogP contribution < -0.4 is 14.8 Å². The van der Waals surface area contributed by atoms with Crippen LogP contribution in [0.3, 0.4) is 0 Å². The molecule has 0 radical (unpaired) electrons. The first kappa shape index (κ1) is 31.3. The lowest BCUT2D eigenvalue weighted by molar-refractivity contribution is -0.155. The number of hydrogen-bond acceptors (Lipinski definition) is 6. The molecule has 2 unspecified atom stereocenters. The second-order valence-electron chi connectivity index (χ2n) is 12.8. The lowest BCUT2D eigenvalue weighted by Crippen LogP contribution is -2.67. The largest absolute Gasteiger partial charge is 0.457 e. The molecule has 2 N–H and O–H groups in total. The number of nitrogens with one attached hydrogen (secondary N) is 2. The highest BCUT2D eigenvalue weighted by Crippen LogP contribution is 2.33. The summed E-state index contributed by atoms with van der Waals surface area (Å²) in [5, 5.41) is 3.15. The second-order valence-corrected chi connectivity index (χ2v) is 14.6. The maximum absolute atomic E-state index is 13.6. The first-order valence-electron chi connectivity index (χ1n) is 15.8. The van der Waals surface area contributed by atoms with Crippen LogP contribution in [0.2, 0.25) is 0 Å². The molecule has 0 spiro atoms. The van der Waals surface area contributed by atoms with Crippen molar-refractivity contribution in [1.29, 1.82) is 0 Å². The number of anilines is 1. The van der Waals surface area contributed by atoms with Gasteiger partial charge in [0.2, 0.25) is 21.8 Å². The molecule has 2 atom stereocenters. The third kappa shape index (κ3) is 8.29. The Kier molecular flexibility index (Phi) is 9.96. The number of carbonyl (C=O) groups excluding carboxylic acids is 2. The van der Waals surface area contributed by atoms with E-state index >= 15 is 0 Å². The van der Waals surface area contributed by atoms with Gasteiger partial charge in [0.1, 0.15) is 23.6 Å². The van der Waals surface area contributed by atoms with Crippen LogP contribution in [-0.4, -0.2) is 67.5 Å². The smallest absolute Gasteiger partial charge is 0.246 e. The molecule has 2 aromatic carbocycles. The normalized spacial score (nSPS) is 22.9. The second kappa shape index (κ2) is 13.7. The summed E-state index contributed by atoms with van der Waals surface area (Å²) in [4.78, 5) is 31.4. The van der Waals surface area contributed by atoms with Crippen LogP contribution in [0.1, 0.15) is 70.8 Å². The highest BCUT2D eigenvalue weighted by Gasteiger charge is 2.46. The van der Waals surface area contributed by atoms with E-state index in [1.165, 1.54) is 37.7 Å². The fourth-order valence-corrected chi connectivity index (χ4v) is 7.55. The van der Waals surface area contributed by atoms with Gasteiger partial charge in [0.15, 0.2) is 0 Å². The number of rotatable bonds is 10. The quantitative estimate of drug-likeness (QED) is 0.386. The molecule has 2 saturated heterocycles. The van der Waals surface area contributed by atoms with E-state index in [0.717, 1.165) is 45.2 Å². The van der Waals surface area contributed by atoms with Crippen LogP contribution in [0.5, 0.6) is 11.5 Å². The van der Waals surface area contributed by atoms with E-state index in [4.69, 9.17) is 4.74 Å². The summed E-state index contributed by atoms with van der Waals surface area (Å²) in [6.45, 7) is 6.65. The Labute approximate surface area is 256 Å². The Balaban J connectivity index is 1.12. The predicted octanol–water partition coefficient (Wildman–Crippen LogP) is 5.14. The number of amides is 2. The molecular formula is C33H46N4O5S. The van der Waals surface area contributed by atoms with Crippen LogP contribution in [0.25, 0.3) is 0 Å². The number of piperidine rings is 1. The van der Waals surface area contributed by atoms with Gasteiger partial charge in [-0.05, 0) is 100.0 Å². The summed E-state index contributed by atoms with van der Waals surface area (Å²) in [6, 6.07) is 14.0. The van der Waals surface area contributed by atoms with Gasteiger partial charge in [0, 0.05) is 18.3 Å². The number of hydrogen-bond donors (Lipinski definition) is 2. The summed E-state index contributed by atoms with van der Waals surface area (Å²) in [6.07, 6.45) is 9.74. The molecule has 5 rings (SSSR count). The van der Waals surface area contributed by atoms with Gasteiger partial charge >= 0.3 is 0 Å². The lowest BCUT2D eigenvalue weighted by Gasteiger charge is -2.47. The molecule has 2 aliphatic heterocycles. The van der Waals surface area contributed by atoms with E-state index in [-0.39, 0.29) is 35.9 Å². The lowest BCUT2D eigenvalue weighted by atomic mass is 9.81. The van der Waals surface area contributed by atoms with Crippen molar-refractivity contribution in [3.8, 4) is 11.5 Å². The number of nitrogens with zero attached hydrogens (tertiary/aromatic N) is 2. The molecule has 3 aliphatic rings. The molecule has 3 fully saturated rings. The fourth-order valence-electron chi connectivity index (χ4n) is 6.98. The molecule has 9 nitrogen and oxygen atoms in total. The first-order valence-corrected chi connectivity index (χ1v) is 17.6. The van der Waals surface area contributed by atoms with E-state index in [0.29, 0.717) is 23.1 Å². The first-order chi connectivity index (χ1) is 20.6. The van der Waals surface area contributed by atoms with Crippen molar-refractivity contribution in [2.24, 2.45) is 11.8 Å². The predicted molar refractivity (Wildman–Crippen MR) is 168 cm³/mol. The van der Waals surface area contributed by atoms with E-state index in [2.05, 4.69) is 27.1 Å². The monoisotopic (exact) mass is 610 g/mol. The van der Waals surface area contributed by atoms with Gasteiger partial charge in [-0.15, -0.1) is 0 Å². The van der Waals surface area contributed by atoms with E-state index in [1.54, 1.807) is 24.3 Å². The molecule has 0 bridgehead atoms. The summed E-state index contributed by atoms with van der Waals surface area (Å²) in [7, 11) is -3.32. The topological polar surface area (TPSA) is 108 Å². The Morgan fingerprint density at radius 1 is 0.907 bits per heavy atom. The highest BCUT2D eigenvalue weighted by molar-refractivity contribution is 7.92. The molecular weight excluding hydrogens is 564 g/mol. The summed E-state index contributed by atoms with van der Waals surface area (Å²) in [5.41, 5.74) is 1.67. The van der Waals surface area contributed by atoms with Crippen molar-refractivity contribution in [2.75, 3.05) is 24.1 Å². The van der Waals surface area contributed by atoms with E-state index in [1.807, 2.05) is 30.9 Å². The van der Waals surface area contributed by atoms with E-state index < -0.39 is 10.0 Å². The third-order valence-corrected chi connectivity index (χ3v) is 9.70. The number of piperazine rings is 1. The van der Waals surface area contributed by atoms with Gasteiger partial charge in [-0.1, -0.05) is 44.2 Å². The molecule has 0 aromatic heterocycles. The Morgan fingerprint density at radius 3 is 2.09 bits per heavy atom. The van der Waals surface area contributed by atoms with Crippen LogP contribution >= 0.6 is 0 Å². The molecule has 10 heteroatoms. The van der Waals surface area contributed by atoms with Crippen molar-refractivity contribution in [3.05, 3.63) is 54.1 Å². The minimum Gasteiger partial charge on any atom is -0.457 e. The summed E-state index contributed by atoms with van der Waals surface area (Å²) in [5.74, 6) is 2.16. The van der Waals surface area contributed by atoms with Gasteiger partial charge < -0.3 is 15.0 Å². The average Bonchev–Trinajstić information content (AvgIpc) is 2.97. The number of ether oxygens (including phenoxy) is 1. The highest BCUT2D eigenvalue weighted by atomic mass is 32.2. The number of carbonyl (C=O) groups is 2. The SMILES string of the molecule is CC(C)N1C(=O)C(CC2CCCCC2)NC(=O)C1C1CCN(Cc2ccc(Oc3ccc(NS(C)(=O)=O)cc3)cc2)CC1. The molecule has 1 aliphatic carbocycles. The van der Waals surface area contributed by atoms with Gasteiger partial charge in [0.25, 0.3) is 0 Å². The molecule has 43 heavy (non-hydrogen) atoms. The standard InChI is InChI=1S/C33H46N4O5S/c1-23(2)37-31(32(38)34-30(33(37)39)21-24-7-5-4-6-8-24)26-17-19-36(20-18-26)22-25-9-13-28(14-10-25)42-29-15-11-27(12-16-29)35-43(3,40)41/h9-16,23-24,26,30-31,35H,4-8,17-22H2,1-3H3,(H,34,38). The Bertz CT molecular complexity index is 1350. The molecule has 2 aromatic rings. The molecule has 234 valence electrons. The van der Waals surface area contributed by atoms with Crippen molar-refractivity contribution >= 4 is 27.5 Å². The van der Waals surface area contributed by atoms with Crippen molar-refractivity contribution in [3.63, 3.8) is 0 Å². The summed E-state index contributed by atoms with van der Waals surface area (Å²) >= 11 is 0. The maximum atomic E-state index is 13.6. The fraction of sp³-hybridized carbons (Fsp3) is 0.576. The third-order valence-electron chi connectivity index (χ3n) is 9.09. The molecule has 1 saturated carbocycles. The van der Waals surface area contributed by atoms with Gasteiger partial charge in [0.05, 0.1) is 6.26 Å². The minimum atomic E-state index is -3.32. The van der Waals surface area contributed by atoms with Crippen molar-refractivity contribution < 1.29 is 22.7 Å².